The van der Waals surface area contributed by atoms with Crippen molar-refractivity contribution in [2.24, 2.45) is 5.92 Å². The Bertz CT molecular complexity index is 372. The van der Waals surface area contributed by atoms with Crippen LogP contribution in [0.2, 0.25) is 0 Å². The zero-order valence-electron chi connectivity index (χ0n) is 11.0. The van der Waals surface area contributed by atoms with E-state index in [4.69, 9.17) is 11.1 Å². The molecule has 0 aromatic heterocycles. The number of nitrogens with two attached hydrogens (primary N) is 1. The third kappa shape index (κ3) is 3.48. The van der Waals surface area contributed by atoms with Crippen molar-refractivity contribution in [1.29, 1.82) is 5.41 Å². The summed E-state index contributed by atoms with van der Waals surface area (Å²) in [6, 6.07) is 5.86. The molecule has 0 radical (unpaired) electrons. The first-order valence-electron chi connectivity index (χ1n) is 6.24. The molecule has 0 bridgehead atoms. The quantitative estimate of drug-likeness (QED) is 0.586. The molecule has 1 rings (SSSR count). The highest BCUT2D eigenvalue weighted by molar-refractivity contribution is 5.93. The van der Waals surface area contributed by atoms with Gasteiger partial charge in [-0.15, -0.1) is 0 Å². The van der Waals surface area contributed by atoms with Crippen LogP contribution in [0.25, 0.3) is 0 Å². The van der Waals surface area contributed by atoms with Gasteiger partial charge in [0.05, 0.1) is 0 Å². The Labute approximate surface area is 104 Å². The summed E-state index contributed by atoms with van der Waals surface area (Å²) < 4.78 is 0. The molecular weight excluding hydrogens is 210 g/mol. The molecule has 0 unspecified atom stereocenters. The number of hydrogen-bond acceptors (Lipinski definition) is 3. The van der Waals surface area contributed by atoms with Crippen LogP contribution >= 0.6 is 0 Å². The molecule has 94 valence electrons. The summed E-state index contributed by atoms with van der Waals surface area (Å²) in [7, 11) is 0. The van der Waals surface area contributed by atoms with Gasteiger partial charge in [0.2, 0.25) is 0 Å². The van der Waals surface area contributed by atoms with Crippen LogP contribution < -0.4 is 10.6 Å². The van der Waals surface area contributed by atoms with Crippen LogP contribution in [-0.4, -0.2) is 19.3 Å². The fraction of sp³-hybridized carbons (Fsp3) is 0.500. The maximum Gasteiger partial charge on any atom is 0.0476 e. The Morgan fingerprint density at radius 1 is 1.41 bits per heavy atom. The number of anilines is 2. The van der Waals surface area contributed by atoms with E-state index < -0.39 is 0 Å². The highest BCUT2D eigenvalue weighted by Crippen LogP contribution is 2.25. The van der Waals surface area contributed by atoms with Gasteiger partial charge in [0.1, 0.15) is 0 Å². The van der Waals surface area contributed by atoms with Gasteiger partial charge in [-0.25, -0.2) is 0 Å². The smallest absolute Gasteiger partial charge is 0.0476 e. The summed E-state index contributed by atoms with van der Waals surface area (Å²) in [6.45, 7) is 8.59. The molecular formula is C14H23N3. The van der Waals surface area contributed by atoms with Gasteiger partial charge in [-0.3, -0.25) is 0 Å². The SMILES string of the molecule is CCCN(CC(C)C)c1cccc(N)c1C=N. The van der Waals surface area contributed by atoms with E-state index in [1.807, 2.05) is 12.1 Å². The van der Waals surface area contributed by atoms with E-state index in [0.717, 1.165) is 30.8 Å². The van der Waals surface area contributed by atoms with E-state index in [2.05, 4.69) is 31.7 Å². The lowest BCUT2D eigenvalue weighted by Crippen LogP contribution is -2.29. The second-order valence-electron chi connectivity index (χ2n) is 4.76. The number of hydrogen-bond donors (Lipinski definition) is 2. The highest BCUT2D eigenvalue weighted by atomic mass is 15.1. The monoisotopic (exact) mass is 233 g/mol. The Balaban J connectivity index is 3.08. The van der Waals surface area contributed by atoms with E-state index in [1.54, 1.807) is 0 Å². The number of rotatable bonds is 6. The Morgan fingerprint density at radius 3 is 2.65 bits per heavy atom. The molecule has 1 aromatic rings. The lowest BCUT2D eigenvalue weighted by Gasteiger charge is -2.28. The lowest BCUT2D eigenvalue weighted by atomic mass is 10.1. The fourth-order valence-electron chi connectivity index (χ4n) is 2.02. The van der Waals surface area contributed by atoms with Crippen LogP contribution in [0.5, 0.6) is 0 Å². The summed E-state index contributed by atoms with van der Waals surface area (Å²) in [5, 5.41) is 7.50. The average molecular weight is 233 g/mol. The van der Waals surface area contributed by atoms with Crippen molar-refractivity contribution in [3.63, 3.8) is 0 Å². The number of nitrogen functional groups attached to an aromatic ring is 1. The van der Waals surface area contributed by atoms with Crippen LogP contribution in [-0.2, 0) is 0 Å². The summed E-state index contributed by atoms with van der Waals surface area (Å²) in [5.41, 5.74) is 8.52. The molecule has 0 fully saturated rings. The van der Waals surface area contributed by atoms with Crippen molar-refractivity contribution in [2.75, 3.05) is 23.7 Å². The molecule has 1 aromatic carbocycles. The first kappa shape index (κ1) is 13.6. The minimum atomic E-state index is 0.599. The van der Waals surface area contributed by atoms with Crippen molar-refractivity contribution < 1.29 is 0 Å². The predicted octanol–water partition coefficient (Wildman–Crippen LogP) is 3.14. The van der Waals surface area contributed by atoms with Gasteiger partial charge in [0.25, 0.3) is 0 Å². The maximum absolute atomic E-state index is 7.50. The van der Waals surface area contributed by atoms with Gasteiger partial charge in [-0.2, -0.15) is 0 Å². The van der Waals surface area contributed by atoms with Crippen LogP contribution in [0.3, 0.4) is 0 Å². The van der Waals surface area contributed by atoms with Gasteiger partial charge in [0.15, 0.2) is 0 Å². The summed E-state index contributed by atoms with van der Waals surface area (Å²) in [6.07, 6.45) is 2.45. The molecule has 0 aliphatic carbocycles. The van der Waals surface area contributed by atoms with E-state index in [0.29, 0.717) is 11.6 Å². The summed E-state index contributed by atoms with van der Waals surface area (Å²) >= 11 is 0. The van der Waals surface area contributed by atoms with Crippen molar-refractivity contribution in [2.45, 2.75) is 27.2 Å². The molecule has 0 aliphatic heterocycles. The van der Waals surface area contributed by atoms with Gasteiger partial charge >= 0.3 is 0 Å². The molecule has 0 saturated carbocycles. The van der Waals surface area contributed by atoms with Crippen molar-refractivity contribution in [3.05, 3.63) is 23.8 Å². The van der Waals surface area contributed by atoms with E-state index in [1.165, 1.54) is 6.21 Å². The molecule has 0 saturated heterocycles. The van der Waals surface area contributed by atoms with Gasteiger partial charge in [0, 0.05) is 36.2 Å². The first-order chi connectivity index (χ1) is 8.10. The van der Waals surface area contributed by atoms with E-state index in [-0.39, 0.29) is 0 Å². The lowest BCUT2D eigenvalue weighted by molar-refractivity contribution is 0.606. The second-order valence-corrected chi connectivity index (χ2v) is 4.76. The normalized spacial score (nSPS) is 10.6. The average Bonchev–Trinajstić information content (AvgIpc) is 2.27. The number of nitrogens with zero attached hydrogens (tertiary/aromatic N) is 1. The molecule has 17 heavy (non-hydrogen) atoms. The Kier molecular flexibility index (Phi) is 5.01. The predicted molar refractivity (Wildman–Crippen MR) is 76.1 cm³/mol. The molecule has 3 N–H and O–H groups in total. The number of benzene rings is 1. The molecule has 0 heterocycles. The molecule has 0 amide bonds. The third-order valence-electron chi connectivity index (χ3n) is 2.68. The first-order valence-corrected chi connectivity index (χ1v) is 6.24. The van der Waals surface area contributed by atoms with Crippen molar-refractivity contribution in [1.82, 2.24) is 0 Å². The highest BCUT2D eigenvalue weighted by Gasteiger charge is 2.12. The maximum atomic E-state index is 7.50. The number of nitrogens with one attached hydrogen (secondary N) is 1. The van der Waals surface area contributed by atoms with Crippen molar-refractivity contribution >= 4 is 17.6 Å². The molecule has 3 nitrogen and oxygen atoms in total. The van der Waals surface area contributed by atoms with Crippen molar-refractivity contribution in [3.8, 4) is 0 Å². The summed E-state index contributed by atoms with van der Waals surface area (Å²) in [4.78, 5) is 2.32. The fourth-order valence-corrected chi connectivity index (χ4v) is 2.02. The van der Waals surface area contributed by atoms with Crippen LogP contribution in [0, 0.1) is 11.3 Å². The Hall–Kier alpha value is -1.51. The van der Waals surface area contributed by atoms with Crippen LogP contribution in [0.4, 0.5) is 11.4 Å². The van der Waals surface area contributed by atoms with Crippen LogP contribution in [0.1, 0.15) is 32.8 Å². The van der Waals surface area contributed by atoms with Crippen LogP contribution in [0.15, 0.2) is 18.2 Å². The zero-order chi connectivity index (χ0) is 12.8. The zero-order valence-corrected chi connectivity index (χ0v) is 11.0. The van der Waals surface area contributed by atoms with Gasteiger partial charge in [-0.05, 0) is 24.5 Å². The minimum Gasteiger partial charge on any atom is -0.398 e. The van der Waals surface area contributed by atoms with E-state index >= 15 is 0 Å². The minimum absolute atomic E-state index is 0.599. The molecule has 0 spiro atoms. The third-order valence-corrected chi connectivity index (χ3v) is 2.68. The Morgan fingerprint density at radius 2 is 2.12 bits per heavy atom. The molecule has 0 atom stereocenters. The molecule has 3 heteroatoms. The molecule has 0 aliphatic rings. The topological polar surface area (TPSA) is 53.1 Å². The van der Waals surface area contributed by atoms with E-state index in [9.17, 15) is 0 Å². The largest absolute Gasteiger partial charge is 0.398 e. The standard InChI is InChI=1S/C14H23N3/c1-4-8-17(10-11(2)3)14-7-5-6-13(16)12(14)9-15/h5-7,9,11,15H,4,8,10,16H2,1-3H3. The van der Waals surface area contributed by atoms with Gasteiger partial charge in [-0.1, -0.05) is 26.8 Å². The second kappa shape index (κ2) is 6.28. The van der Waals surface area contributed by atoms with Gasteiger partial charge < -0.3 is 16.0 Å². The summed E-state index contributed by atoms with van der Waals surface area (Å²) in [5.74, 6) is 0.599.